The first-order valence-electron chi connectivity index (χ1n) is 8.72. The zero-order valence-electron chi connectivity index (χ0n) is 14.9. The second kappa shape index (κ2) is 6.89. The van der Waals surface area contributed by atoms with E-state index in [1.54, 1.807) is 18.2 Å². The summed E-state index contributed by atoms with van der Waals surface area (Å²) in [5, 5.41) is 0. The fourth-order valence-corrected chi connectivity index (χ4v) is 4.99. The molecule has 0 aliphatic carbocycles. The normalized spacial score (nSPS) is 11.4. The maximum absolute atomic E-state index is 13.5. The lowest BCUT2D eigenvalue weighted by Crippen LogP contribution is -2.06. The Kier molecular flexibility index (Phi) is 4.42. The molecule has 4 aromatic rings. The van der Waals surface area contributed by atoms with Crippen LogP contribution in [0.25, 0.3) is 16.9 Å². The summed E-state index contributed by atoms with van der Waals surface area (Å²) in [5.74, 6) is 0. The first-order valence-corrected chi connectivity index (χ1v) is 10.2. The van der Waals surface area contributed by atoms with Crippen LogP contribution < -0.4 is 0 Å². The van der Waals surface area contributed by atoms with Crippen LogP contribution in [0.4, 0.5) is 0 Å². The molecule has 0 radical (unpaired) electrons. The average molecular weight is 373 g/mol. The average Bonchev–Trinajstić information content (AvgIpc) is 3.15. The van der Waals surface area contributed by atoms with Gasteiger partial charge in [-0.05, 0) is 42.3 Å². The van der Waals surface area contributed by atoms with Crippen molar-refractivity contribution >= 4 is 9.84 Å². The van der Waals surface area contributed by atoms with Gasteiger partial charge in [-0.3, -0.25) is 0 Å². The van der Waals surface area contributed by atoms with E-state index in [4.69, 9.17) is 0 Å². The highest BCUT2D eigenvalue weighted by molar-refractivity contribution is 7.91. The van der Waals surface area contributed by atoms with Gasteiger partial charge in [-0.15, -0.1) is 0 Å². The molecule has 4 heteroatoms. The molecule has 0 saturated heterocycles. The molecule has 0 unspecified atom stereocenters. The van der Waals surface area contributed by atoms with E-state index in [2.05, 4.69) is 0 Å². The first-order chi connectivity index (χ1) is 13.1. The lowest BCUT2D eigenvalue weighted by atomic mass is 10.1. The van der Waals surface area contributed by atoms with Crippen molar-refractivity contribution in [1.29, 1.82) is 0 Å². The number of aromatic nitrogens is 1. The molecule has 0 saturated carbocycles. The van der Waals surface area contributed by atoms with Crippen molar-refractivity contribution in [3.63, 3.8) is 0 Å². The van der Waals surface area contributed by atoms with E-state index in [9.17, 15) is 8.42 Å². The molecule has 0 bridgehead atoms. The Bertz CT molecular complexity index is 1180. The standard InChI is InChI=1S/C23H19NO2S/c1-18-10-8-9-15-21(18)27(25,26)22-16-17-24(20-13-6-3-7-14-20)23(22)19-11-4-2-5-12-19/h2-17H,1H3. The summed E-state index contributed by atoms with van der Waals surface area (Å²) in [4.78, 5) is 0.653. The predicted octanol–water partition coefficient (Wildman–Crippen LogP) is 5.29. The molecule has 0 atom stereocenters. The molecule has 27 heavy (non-hydrogen) atoms. The van der Waals surface area contributed by atoms with Crippen LogP contribution in [0.3, 0.4) is 0 Å². The van der Waals surface area contributed by atoms with Gasteiger partial charge in [0.15, 0.2) is 0 Å². The molecule has 0 spiro atoms. The molecule has 0 aliphatic rings. The third-order valence-electron chi connectivity index (χ3n) is 4.60. The molecule has 0 fully saturated rings. The van der Waals surface area contributed by atoms with Gasteiger partial charge in [0.2, 0.25) is 9.84 Å². The van der Waals surface area contributed by atoms with E-state index in [1.807, 2.05) is 90.5 Å². The van der Waals surface area contributed by atoms with Crippen molar-refractivity contribution in [3.05, 3.63) is 103 Å². The summed E-state index contributed by atoms with van der Waals surface area (Å²) in [6.07, 6.45) is 1.82. The van der Waals surface area contributed by atoms with Crippen LogP contribution in [0.15, 0.2) is 107 Å². The fraction of sp³-hybridized carbons (Fsp3) is 0.0435. The molecule has 0 amide bonds. The number of rotatable bonds is 4. The third kappa shape index (κ3) is 3.09. The summed E-state index contributed by atoms with van der Waals surface area (Å²) in [5.41, 5.74) is 3.19. The predicted molar refractivity (Wildman–Crippen MR) is 108 cm³/mol. The lowest BCUT2D eigenvalue weighted by molar-refractivity contribution is 0.596. The van der Waals surface area contributed by atoms with Crippen LogP contribution in [0.5, 0.6) is 0 Å². The zero-order valence-corrected chi connectivity index (χ0v) is 15.7. The highest BCUT2D eigenvalue weighted by Gasteiger charge is 2.26. The van der Waals surface area contributed by atoms with Crippen LogP contribution in [-0.2, 0) is 9.84 Å². The van der Waals surface area contributed by atoms with Gasteiger partial charge in [0.25, 0.3) is 0 Å². The van der Waals surface area contributed by atoms with Gasteiger partial charge in [-0.1, -0.05) is 66.7 Å². The van der Waals surface area contributed by atoms with Gasteiger partial charge >= 0.3 is 0 Å². The summed E-state index contributed by atoms with van der Waals surface area (Å²) < 4.78 is 28.9. The Balaban J connectivity index is 2.00. The number of para-hydroxylation sites is 1. The van der Waals surface area contributed by atoms with E-state index < -0.39 is 9.84 Å². The van der Waals surface area contributed by atoms with Gasteiger partial charge in [0.05, 0.1) is 15.5 Å². The maximum atomic E-state index is 13.5. The Morgan fingerprint density at radius 1 is 0.667 bits per heavy atom. The van der Waals surface area contributed by atoms with Gasteiger partial charge in [0.1, 0.15) is 0 Å². The smallest absolute Gasteiger partial charge is 0.209 e. The van der Waals surface area contributed by atoms with Crippen LogP contribution in [-0.4, -0.2) is 13.0 Å². The molecule has 134 valence electrons. The molecular formula is C23H19NO2S. The minimum Gasteiger partial charge on any atom is -0.315 e. The van der Waals surface area contributed by atoms with E-state index >= 15 is 0 Å². The molecular weight excluding hydrogens is 354 g/mol. The lowest BCUT2D eigenvalue weighted by Gasteiger charge is -2.13. The maximum Gasteiger partial charge on any atom is 0.209 e. The van der Waals surface area contributed by atoms with Crippen LogP contribution >= 0.6 is 0 Å². The summed E-state index contributed by atoms with van der Waals surface area (Å²) in [6.45, 7) is 1.82. The van der Waals surface area contributed by atoms with E-state index in [1.165, 1.54) is 0 Å². The minimum absolute atomic E-state index is 0.312. The highest BCUT2D eigenvalue weighted by atomic mass is 32.2. The van der Waals surface area contributed by atoms with Crippen molar-refractivity contribution in [1.82, 2.24) is 4.57 Å². The first kappa shape index (κ1) is 17.3. The second-order valence-corrected chi connectivity index (χ2v) is 8.26. The van der Waals surface area contributed by atoms with Gasteiger partial charge in [0, 0.05) is 11.9 Å². The molecule has 0 N–H and O–H groups in total. The van der Waals surface area contributed by atoms with Crippen molar-refractivity contribution in [3.8, 4) is 16.9 Å². The summed E-state index contributed by atoms with van der Waals surface area (Å²) in [6, 6.07) is 28.2. The molecule has 1 aromatic heterocycles. The highest BCUT2D eigenvalue weighted by Crippen LogP contribution is 2.35. The van der Waals surface area contributed by atoms with E-state index in [0.29, 0.717) is 15.5 Å². The van der Waals surface area contributed by atoms with Crippen LogP contribution in [0.1, 0.15) is 5.56 Å². The number of hydrogen-bond donors (Lipinski definition) is 0. The Hall–Kier alpha value is -3.11. The molecule has 0 aliphatic heterocycles. The Labute approximate surface area is 159 Å². The Morgan fingerprint density at radius 2 is 1.26 bits per heavy atom. The summed E-state index contributed by atoms with van der Waals surface area (Å²) in [7, 11) is -3.66. The second-order valence-electron chi connectivity index (χ2n) is 6.37. The number of nitrogens with zero attached hydrogens (tertiary/aromatic N) is 1. The van der Waals surface area contributed by atoms with Crippen LogP contribution in [0, 0.1) is 6.92 Å². The van der Waals surface area contributed by atoms with Gasteiger partial charge in [-0.2, -0.15) is 0 Å². The number of aryl methyl sites for hydroxylation is 1. The minimum atomic E-state index is -3.66. The third-order valence-corrected chi connectivity index (χ3v) is 6.55. The molecule has 1 heterocycles. The van der Waals surface area contributed by atoms with Crippen molar-refractivity contribution < 1.29 is 8.42 Å². The molecule has 3 nitrogen and oxygen atoms in total. The Morgan fingerprint density at radius 3 is 1.93 bits per heavy atom. The fourth-order valence-electron chi connectivity index (χ4n) is 3.29. The summed E-state index contributed by atoms with van der Waals surface area (Å²) >= 11 is 0. The number of hydrogen-bond acceptors (Lipinski definition) is 2. The number of sulfone groups is 1. The van der Waals surface area contributed by atoms with Gasteiger partial charge in [-0.25, -0.2) is 8.42 Å². The SMILES string of the molecule is Cc1ccccc1S(=O)(=O)c1ccn(-c2ccccc2)c1-c1ccccc1. The number of benzene rings is 3. The van der Waals surface area contributed by atoms with Crippen LogP contribution in [0.2, 0.25) is 0 Å². The quantitative estimate of drug-likeness (QED) is 0.488. The van der Waals surface area contributed by atoms with Gasteiger partial charge < -0.3 is 4.57 Å². The van der Waals surface area contributed by atoms with Crippen molar-refractivity contribution in [2.45, 2.75) is 16.7 Å². The van der Waals surface area contributed by atoms with E-state index in [-0.39, 0.29) is 0 Å². The van der Waals surface area contributed by atoms with Crippen molar-refractivity contribution in [2.75, 3.05) is 0 Å². The monoisotopic (exact) mass is 373 g/mol. The topological polar surface area (TPSA) is 39.1 Å². The molecule has 3 aromatic carbocycles. The van der Waals surface area contributed by atoms with E-state index in [0.717, 1.165) is 16.8 Å². The largest absolute Gasteiger partial charge is 0.315 e. The zero-order chi connectivity index (χ0) is 18.9. The molecule has 4 rings (SSSR count). The van der Waals surface area contributed by atoms with Crippen molar-refractivity contribution in [2.24, 2.45) is 0 Å².